The molecule has 1 aromatic rings. The smallest absolute Gasteiger partial charge is 0.129 e. The number of methoxy groups -OCH3 is 1. The van der Waals surface area contributed by atoms with E-state index in [2.05, 4.69) is 28.9 Å². The van der Waals surface area contributed by atoms with Gasteiger partial charge in [-0.2, -0.15) is 0 Å². The summed E-state index contributed by atoms with van der Waals surface area (Å²) in [6.45, 7) is 2.65. The van der Waals surface area contributed by atoms with Crippen LogP contribution < -0.4 is 10.5 Å². The Morgan fingerprint density at radius 2 is 2.20 bits per heavy atom. The lowest BCUT2D eigenvalue weighted by atomic mass is 10.1. The van der Waals surface area contributed by atoms with Gasteiger partial charge in [0.15, 0.2) is 0 Å². The van der Waals surface area contributed by atoms with Crippen molar-refractivity contribution in [3.05, 3.63) is 33.8 Å². The van der Waals surface area contributed by atoms with Crippen LogP contribution in [0.1, 0.15) is 18.1 Å². The predicted octanol–water partition coefficient (Wildman–Crippen LogP) is 2.99. The van der Waals surface area contributed by atoms with Crippen LogP contribution in [0.3, 0.4) is 0 Å². The SMILES string of the molecule is CCc1cc(Br)cc(/C=C/CN)c1OC. The van der Waals surface area contributed by atoms with Crippen molar-refractivity contribution in [2.24, 2.45) is 5.73 Å². The lowest BCUT2D eigenvalue weighted by Gasteiger charge is -2.11. The summed E-state index contributed by atoms with van der Waals surface area (Å²) in [5.41, 5.74) is 7.70. The van der Waals surface area contributed by atoms with Crippen molar-refractivity contribution in [1.82, 2.24) is 0 Å². The Labute approximate surface area is 99.3 Å². The molecule has 0 bridgehead atoms. The first kappa shape index (κ1) is 12.3. The Kier molecular flexibility index (Phi) is 4.85. The average molecular weight is 270 g/mol. The van der Waals surface area contributed by atoms with Crippen LogP contribution in [-0.4, -0.2) is 13.7 Å². The molecule has 0 aliphatic heterocycles. The number of nitrogens with two attached hydrogens (primary N) is 1. The van der Waals surface area contributed by atoms with Gasteiger partial charge in [0.1, 0.15) is 5.75 Å². The highest BCUT2D eigenvalue weighted by Gasteiger charge is 2.07. The van der Waals surface area contributed by atoms with Gasteiger partial charge in [-0.25, -0.2) is 0 Å². The molecule has 0 fully saturated rings. The zero-order valence-electron chi connectivity index (χ0n) is 9.09. The summed E-state index contributed by atoms with van der Waals surface area (Å²) in [5.74, 6) is 0.936. The molecule has 1 aromatic carbocycles. The second kappa shape index (κ2) is 5.93. The van der Waals surface area contributed by atoms with E-state index in [0.29, 0.717) is 6.54 Å². The number of benzene rings is 1. The molecule has 0 aromatic heterocycles. The van der Waals surface area contributed by atoms with Crippen LogP contribution in [0.2, 0.25) is 0 Å². The maximum absolute atomic E-state index is 5.44. The molecule has 2 nitrogen and oxygen atoms in total. The van der Waals surface area contributed by atoms with Crippen LogP contribution in [-0.2, 0) is 6.42 Å². The van der Waals surface area contributed by atoms with Gasteiger partial charge in [0.2, 0.25) is 0 Å². The molecule has 0 heterocycles. The fourth-order valence-corrected chi connectivity index (χ4v) is 2.03. The maximum Gasteiger partial charge on any atom is 0.129 e. The summed E-state index contributed by atoms with van der Waals surface area (Å²) in [7, 11) is 1.70. The standard InChI is InChI=1S/C12H16BrNO/c1-3-9-7-11(13)8-10(5-4-6-14)12(9)15-2/h4-5,7-8H,3,6,14H2,1-2H3/b5-4+. The van der Waals surface area contributed by atoms with Crippen LogP contribution in [0, 0.1) is 0 Å². The van der Waals surface area contributed by atoms with Gasteiger partial charge < -0.3 is 10.5 Å². The molecule has 0 amide bonds. The van der Waals surface area contributed by atoms with Crippen LogP contribution in [0.15, 0.2) is 22.7 Å². The Bertz CT molecular complexity index is 361. The molecule has 3 heteroatoms. The van der Waals surface area contributed by atoms with Crippen molar-refractivity contribution in [2.75, 3.05) is 13.7 Å². The van der Waals surface area contributed by atoms with Crippen LogP contribution in [0.4, 0.5) is 0 Å². The minimum atomic E-state index is 0.539. The Morgan fingerprint density at radius 1 is 1.47 bits per heavy atom. The van der Waals surface area contributed by atoms with Crippen LogP contribution >= 0.6 is 15.9 Å². The van der Waals surface area contributed by atoms with Gasteiger partial charge >= 0.3 is 0 Å². The molecule has 2 N–H and O–H groups in total. The van der Waals surface area contributed by atoms with Gasteiger partial charge in [0, 0.05) is 16.6 Å². The average Bonchev–Trinajstić information content (AvgIpc) is 2.25. The van der Waals surface area contributed by atoms with Crippen molar-refractivity contribution in [1.29, 1.82) is 0 Å². The Balaban J connectivity index is 3.22. The molecule has 82 valence electrons. The van der Waals surface area contributed by atoms with E-state index in [1.54, 1.807) is 7.11 Å². The van der Waals surface area contributed by atoms with E-state index in [-0.39, 0.29) is 0 Å². The number of ether oxygens (including phenoxy) is 1. The fourth-order valence-electron chi connectivity index (χ4n) is 1.50. The summed E-state index contributed by atoms with van der Waals surface area (Å²) < 4.78 is 6.47. The van der Waals surface area contributed by atoms with Gasteiger partial charge in [-0.05, 0) is 24.1 Å². The van der Waals surface area contributed by atoms with Gasteiger partial charge in [-0.1, -0.05) is 35.0 Å². The molecule has 0 atom stereocenters. The third-order valence-electron chi connectivity index (χ3n) is 2.18. The molecule has 1 rings (SSSR count). The third-order valence-corrected chi connectivity index (χ3v) is 2.64. The normalized spacial score (nSPS) is 10.9. The second-order valence-corrected chi connectivity index (χ2v) is 4.09. The van der Waals surface area contributed by atoms with E-state index in [4.69, 9.17) is 10.5 Å². The lowest BCUT2D eigenvalue weighted by Crippen LogP contribution is -1.95. The molecular weight excluding hydrogens is 254 g/mol. The van der Waals surface area contributed by atoms with E-state index in [0.717, 1.165) is 22.2 Å². The first-order valence-corrected chi connectivity index (χ1v) is 5.75. The monoisotopic (exact) mass is 269 g/mol. The molecule has 15 heavy (non-hydrogen) atoms. The van der Waals surface area contributed by atoms with E-state index < -0.39 is 0 Å². The first-order chi connectivity index (χ1) is 7.22. The highest BCUT2D eigenvalue weighted by atomic mass is 79.9. The van der Waals surface area contributed by atoms with Crippen molar-refractivity contribution < 1.29 is 4.74 Å². The molecule has 0 aliphatic rings. The van der Waals surface area contributed by atoms with E-state index in [9.17, 15) is 0 Å². The minimum Gasteiger partial charge on any atom is -0.496 e. The topological polar surface area (TPSA) is 35.2 Å². The Morgan fingerprint density at radius 3 is 2.73 bits per heavy atom. The fraction of sp³-hybridized carbons (Fsp3) is 0.333. The molecule has 0 unspecified atom stereocenters. The van der Waals surface area contributed by atoms with Gasteiger partial charge in [-0.3, -0.25) is 0 Å². The summed E-state index contributed by atoms with van der Waals surface area (Å²) in [6, 6.07) is 4.11. The first-order valence-electron chi connectivity index (χ1n) is 4.96. The second-order valence-electron chi connectivity index (χ2n) is 3.18. The summed E-state index contributed by atoms with van der Waals surface area (Å²) in [4.78, 5) is 0. The summed E-state index contributed by atoms with van der Waals surface area (Å²) >= 11 is 3.49. The maximum atomic E-state index is 5.44. The lowest BCUT2D eigenvalue weighted by molar-refractivity contribution is 0.409. The van der Waals surface area contributed by atoms with Crippen LogP contribution in [0.5, 0.6) is 5.75 Å². The molecule has 0 aliphatic carbocycles. The minimum absolute atomic E-state index is 0.539. The van der Waals surface area contributed by atoms with E-state index in [1.165, 1.54) is 5.56 Å². The van der Waals surface area contributed by atoms with Crippen LogP contribution in [0.25, 0.3) is 6.08 Å². The van der Waals surface area contributed by atoms with Gasteiger partial charge in [0.05, 0.1) is 7.11 Å². The quantitative estimate of drug-likeness (QED) is 0.912. The van der Waals surface area contributed by atoms with E-state index in [1.807, 2.05) is 18.2 Å². The molecule has 0 radical (unpaired) electrons. The summed E-state index contributed by atoms with van der Waals surface area (Å²) in [5, 5.41) is 0. The van der Waals surface area contributed by atoms with Crippen molar-refractivity contribution in [3.8, 4) is 5.75 Å². The van der Waals surface area contributed by atoms with Gasteiger partial charge in [-0.15, -0.1) is 0 Å². The number of rotatable bonds is 4. The zero-order valence-corrected chi connectivity index (χ0v) is 10.7. The van der Waals surface area contributed by atoms with Gasteiger partial charge in [0.25, 0.3) is 0 Å². The Hall–Kier alpha value is -0.800. The van der Waals surface area contributed by atoms with Crippen molar-refractivity contribution >= 4 is 22.0 Å². The highest BCUT2D eigenvalue weighted by molar-refractivity contribution is 9.10. The number of halogens is 1. The molecule has 0 saturated heterocycles. The number of aryl methyl sites for hydroxylation is 1. The van der Waals surface area contributed by atoms with Crippen molar-refractivity contribution in [3.63, 3.8) is 0 Å². The molecular formula is C12H16BrNO. The zero-order chi connectivity index (χ0) is 11.3. The van der Waals surface area contributed by atoms with E-state index >= 15 is 0 Å². The molecule has 0 saturated carbocycles. The highest BCUT2D eigenvalue weighted by Crippen LogP contribution is 2.29. The number of hydrogen-bond donors (Lipinski definition) is 1. The largest absolute Gasteiger partial charge is 0.496 e. The predicted molar refractivity (Wildman–Crippen MR) is 68.2 cm³/mol. The van der Waals surface area contributed by atoms with Crippen molar-refractivity contribution in [2.45, 2.75) is 13.3 Å². The molecule has 0 spiro atoms. The third kappa shape index (κ3) is 3.08. The number of hydrogen-bond acceptors (Lipinski definition) is 2. The summed E-state index contributed by atoms with van der Waals surface area (Å²) in [6.07, 6.45) is 4.86.